The van der Waals surface area contributed by atoms with Crippen molar-refractivity contribution in [2.45, 2.75) is 25.2 Å². The van der Waals surface area contributed by atoms with Gasteiger partial charge in [0.1, 0.15) is 5.82 Å². The molecule has 6 nitrogen and oxygen atoms in total. The van der Waals surface area contributed by atoms with Crippen molar-refractivity contribution >= 4 is 57.7 Å². The summed E-state index contributed by atoms with van der Waals surface area (Å²) in [5.41, 5.74) is 8.49. The van der Waals surface area contributed by atoms with Crippen molar-refractivity contribution in [2.24, 2.45) is 5.73 Å². The first kappa shape index (κ1) is 19.2. The predicted molar refractivity (Wildman–Crippen MR) is 112 cm³/mol. The molecule has 0 saturated heterocycles. The summed E-state index contributed by atoms with van der Waals surface area (Å²) in [4.78, 5) is 14.6. The Morgan fingerprint density at radius 3 is 2.86 bits per heavy atom. The lowest BCUT2D eigenvalue weighted by atomic mass is 9.76. The number of nitriles is 1. The zero-order chi connectivity index (χ0) is 20.0. The fourth-order valence-electron chi connectivity index (χ4n) is 3.68. The number of aromatic amines is 1. The van der Waals surface area contributed by atoms with E-state index in [2.05, 4.69) is 16.3 Å². The van der Waals surface area contributed by atoms with Crippen molar-refractivity contribution in [3.63, 3.8) is 0 Å². The van der Waals surface area contributed by atoms with Crippen LogP contribution < -0.4 is 10.6 Å². The largest absolute Gasteiger partial charge is 0.384 e. The van der Waals surface area contributed by atoms with Gasteiger partial charge in [0.25, 0.3) is 0 Å². The van der Waals surface area contributed by atoms with Crippen molar-refractivity contribution < 1.29 is 4.79 Å². The number of Topliss-reactive ketones (excluding diaryl/α,β-unsaturated/α-hetero) is 1. The van der Waals surface area contributed by atoms with E-state index in [0.29, 0.717) is 49.5 Å². The highest BCUT2D eigenvalue weighted by Gasteiger charge is 2.41. The van der Waals surface area contributed by atoms with E-state index in [-0.39, 0.29) is 17.2 Å². The number of hydrogen-bond acceptors (Lipinski definition) is 7. The summed E-state index contributed by atoms with van der Waals surface area (Å²) in [6.45, 7) is 0. The fraction of sp³-hybridized carbons (Fsp3) is 0.222. The summed E-state index contributed by atoms with van der Waals surface area (Å²) >= 11 is 19.0. The molecule has 1 aromatic carbocycles. The zero-order valence-corrected chi connectivity index (χ0v) is 17.5. The van der Waals surface area contributed by atoms with Gasteiger partial charge in [0.05, 0.1) is 27.6 Å². The number of halogens is 2. The van der Waals surface area contributed by atoms with Crippen LogP contribution in [0.25, 0.3) is 0 Å². The normalized spacial score (nSPS) is 19.7. The predicted octanol–water partition coefficient (Wildman–Crippen LogP) is 4.81. The van der Waals surface area contributed by atoms with Crippen molar-refractivity contribution in [1.29, 1.82) is 5.26 Å². The van der Waals surface area contributed by atoms with Gasteiger partial charge in [0.15, 0.2) is 9.74 Å². The number of benzene rings is 1. The number of nitrogens with two attached hydrogens (primary N) is 1. The van der Waals surface area contributed by atoms with E-state index in [1.54, 1.807) is 23.1 Å². The highest BCUT2D eigenvalue weighted by molar-refractivity contribution is 7.73. The molecule has 28 heavy (non-hydrogen) atoms. The van der Waals surface area contributed by atoms with Gasteiger partial charge in [-0.1, -0.05) is 46.7 Å². The SMILES string of the molecule is N#CC1=C(N)N(c2n[nH]c(=S)s2)C2=C(C(=O)CCC2)C1c1cccc(Cl)c1Cl. The molecule has 1 atom stereocenters. The van der Waals surface area contributed by atoms with Crippen LogP contribution in [-0.4, -0.2) is 16.0 Å². The monoisotopic (exact) mass is 449 g/mol. The smallest absolute Gasteiger partial charge is 0.216 e. The summed E-state index contributed by atoms with van der Waals surface area (Å²) in [5.74, 6) is -0.483. The average Bonchev–Trinajstić information content (AvgIpc) is 3.09. The van der Waals surface area contributed by atoms with E-state index in [4.69, 9.17) is 41.2 Å². The molecule has 2 aromatic rings. The van der Waals surface area contributed by atoms with Crippen LogP contribution >= 0.6 is 46.8 Å². The molecule has 3 N–H and O–H groups in total. The lowest BCUT2D eigenvalue weighted by molar-refractivity contribution is -0.116. The fourth-order valence-corrected chi connectivity index (χ4v) is 5.01. The number of rotatable bonds is 2. The molecule has 0 spiro atoms. The van der Waals surface area contributed by atoms with Gasteiger partial charge in [0, 0.05) is 17.7 Å². The van der Waals surface area contributed by atoms with E-state index < -0.39 is 5.92 Å². The molecule has 0 amide bonds. The Morgan fingerprint density at radius 1 is 1.39 bits per heavy atom. The summed E-state index contributed by atoms with van der Waals surface area (Å²) in [5, 5.41) is 18.0. The topological polar surface area (TPSA) is 98.8 Å². The minimum absolute atomic E-state index is 0.0355. The number of nitrogens with zero attached hydrogens (tertiary/aromatic N) is 3. The summed E-state index contributed by atoms with van der Waals surface area (Å²) in [6, 6.07) is 7.35. The second-order valence-electron chi connectivity index (χ2n) is 6.35. The maximum absolute atomic E-state index is 13.0. The van der Waals surface area contributed by atoms with Crippen molar-refractivity contribution in [2.75, 3.05) is 4.90 Å². The standard InChI is InChI=1S/C18H13Cl2N5OS2/c19-10-4-1-3-8(15(10)20)13-9(7-21)16(22)25(17-23-24-18(27)28-17)11-5-2-6-12(26)14(11)13/h1,3-4,13H,2,5-6,22H2,(H,24,27). The van der Waals surface area contributed by atoms with Gasteiger partial charge >= 0.3 is 0 Å². The number of allylic oxidation sites excluding steroid dienone is 3. The Bertz CT molecular complexity index is 1160. The number of hydrogen-bond donors (Lipinski definition) is 2. The van der Waals surface area contributed by atoms with E-state index in [1.807, 2.05) is 0 Å². The molecule has 2 heterocycles. The number of carbonyl (C=O) groups is 1. The van der Waals surface area contributed by atoms with E-state index in [9.17, 15) is 10.1 Å². The lowest BCUT2D eigenvalue weighted by Crippen LogP contribution is -2.38. The van der Waals surface area contributed by atoms with Gasteiger partial charge in [-0.3, -0.25) is 14.8 Å². The maximum atomic E-state index is 13.0. The third-order valence-corrected chi connectivity index (χ3v) is 6.73. The Labute approximate surface area is 179 Å². The van der Waals surface area contributed by atoms with E-state index in [1.165, 1.54) is 11.3 Å². The lowest BCUT2D eigenvalue weighted by Gasteiger charge is -2.38. The molecule has 1 unspecified atom stereocenters. The van der Waals surface area contributed by atoms with Gasteiger partial charge in [-0.05, 0) is 36.7 Å². The van der Waals surface area contributed by atoms with Crippen LogP contribution in [-0.2, 0) is 4.79 Å². The number of carbonyl (C=O) groups excluding carboxylic acids is 1. The molecule has 1 aromatic heterocycles. The molecule has 4 rings (SSSR count). The second-order valence-corrected chi connectivity index (χ2v) is 8.78. The number of nitrogens with one attached hydrogen (secondary N) is 1. The van der Waals surface area contributed by atoms with Crippen molar-refractivity contribution in [1.82, 2.24) is 10.2 Å². The Hall–Kier alpha value is -2.18. The van der Waals surface area contributed by atoms with E-state index >= 15 is 0 Å². The molecule has 0 bridgehead atoms. The first-order chi connectivity index (χ1) is 13.4. The average molecular weight is 450 g/mol. The van der Waals surface area contributed by atoms with Crippen molar-refractivity contribution in [3.05, 3.63) is 60.4 Å². The van der Waals surface area contributed by atoms with Gasteiger partial charge in [-0.25, -0.2) is 0 Å². The van der Waals surface area contributed by atoms with Crippen LogP contribution in [0.4, 0.5) is 5.13 Å². The molecular formula is C18H13Cl2N5OS2. The maximum Gasteiger partial charge on any atom is 0.216 e. The molecule has 2 aliphatic rings. The van der Waals surface area contributed by atoms with Crippen LogP contribution in [0.2, 0.25) is 10.0 Å². The molecule has 142 valence electrons. The third kappa shape index (κ3) is 2.95. The molecule has 0 saturated carbocycles. The number of ketones is 1. The van der Waals surface area contributed by atoms with Crippen LogP contribution in [0.3, 0.4) is 0 Å². The second kappa shape index (κ2) is 7.33. The summed E-state index contributed by atoms with van der Waals surface area (Å²) in [6.07, 6.45) is 1.72. The Morgan fingerprint density at radius 2 is 2.18 bits per heavy atom. The number of aromatic nitrogens is 2. The number of anilines is 1. The highest BCUT2D eigenvalue weighted by atomic mass is 35.5. The van der Waals surface area contributed by atoms with Gasteiger partial charge in [-0.15, -0.1) is 5.10 Å². The Balaban J connectivity index is 2.02. The van der Waals surface area contributed by atoms with Crippen molar-refractivity contribution in [3.8, 4) is 6.07 Å². The highest BCUT2D eigenvalue weighted by Crippen LogP contribution is 2.48. The van der Waals surface area contributed by atoms with Crippen LogP contribution in [0.1, 0.15) is 30.7 Å². The van der Waals surface area contributed by atoms with Gasteiger partial charge in [0.2, 0.25) is 5.13 Å². The number of H-pyrrole nitrogens is 1. The molecule has 10 heteroatoms. The van der Waals surface area contributed by atoms with Crippen LogP contribution in [0, 0.1) is 15.3 Å². The molecule has 1 aliphatic heterocycles. The first-order valence-corrected chi connectivity index (χ1v) is 10.4. The molecule has 0 fully saturated rings. The van der Waals surface area contributed by atoms with Gasteiger partial charge in [-0.2, -0.15) is 5.26 Å². The van der Waals surface area contributed by atoms with E-state index in [0.717, 1.165) is 5.70 Å². The first-order valence-electron chi connectivity index (χ1n) is 8.39. The molecule has 1 aliphatic carbocycles. The quantitative estimate of drug-likeness (QED) is 0.637. The molecule has 0 radical (unpaired) electrons. The zero-order valence-electron chi connectivity index (χ0n) is 14.3. The summed E-state index contributed by atoms with van der Waals surface area (Å²) < 4.78 is 0.477. The van der Waals surface area contributed by atoms with Crippen LogP contribution in [0.15, 0.2) is 40.9 Å². The van der Waals surface area contributed by atoms with Gasteiger partial charge < -0.3 is 5.73 Å². The Kier molecular flexibility index (Phi) is 5.02. The summed E-state index contributed by atoms with van der Waals surface area (Å²) in [7, 11) is 0. The third-order valence-electron chi connectivity index (χ3n) is 4.82. The molecular weight excluding hydrogens is 437 g/mol. The van der Waals surface area contributed by atoms with Crippen LogP contribution in [0.5, 0.6) is 0 Å². The minimum atomic E-state index is -0.665. The minimum Gasteiger partial charge on any atom is -0.384 e.